The van der Waals surface area contributed by atoms with Crippen LogP contribution in [0.1, 0.15) is 20.3 Å². The van der Waals surface area contributed by atoms with Crippen LogP contribution < -0.4 is 10.5 Å². The molecule has 2 aromatic rings. The number of hydrogen-bond acceptors (Lipinski definition) is 3. The number of likely N-dealkylation sites (tertiary alicyclic amines) is 1. The zero-order valence-electron chi connectivity index (χ0n) is 13.2. The number of anilines is 1. The van der Waals surface area contributed by atoms with Crippen LogP contribution in [0.4, 0.5) is 10.2 Å². The first-order valence-electron chi connectivity index (χ1n) is 7.94. The molecular formula is C17H24FN3O. The molecule has 1 aromatic heterocycles. The predicted molar refractivity (Wildman–Crippen MR) is 87.5 cm³/mol. The summed E-state index contributed by atoms with van der Waals surface area (Å²) in [5.41, 5.74) is 5.71. The van der Waals surface area contributed by atoms with Gasteiger partial charge in [-0.25, -0.2) is 4.39 Å². The molecule has 1 atom stereocenters. The van der Waals surface area contributed by atoms with Gasteiger partial charge in [-0.3, -0.25) is 0 Å². The van der Waals surface area contributed by atoms with Gasteiger partial charge in [0.25, 0.3) is 0 Å². The number of nitrogens with one attached hydrogen (secondary N) is 1. The quantitative estimate of drug-likeness (QED) is 0.891. The fraction of sp³-hybridized carbons (Fsp3) is 0.529. The van der Waals surface area contributed by atoms with Crippen molar-refractivity contribution in [3.63, 3.8) is 0 Å². The summed E-state index contributed by atoms with van der Waals surface area (Å²) < 4.78 is 19.9. The first-order chi connectivity index (χ1) is 10.5. The minimum absolute atomic E-state index is 0.334. The Labute approximate surface area is 130 Å². The van der Waals surface area contributed by atoms with Crippen LogP contribution >= 0.6 is 0 Å². The minimum Gasteiger partial charge on any atom is -0.493 e. The van der Waals surface area contributed by atoms with E-state index in [9.17, 15) is 4.39 Å². The average Bonchev–Trinajstić information content (AvgIpc) is 3.03. The summed E-state index contributed by atoms with van der Waals surface area (Å²) in [6, 6.07) is 3.26. The normalized spacial score (nSPS) is 19.4. The molecule has 0 bridgehead atoms. The second-order valence-corrected chi connectivity index (χ2v) is 6.69. The molecule has 1 aliphatic heterocycles. The van der Waals surface area contributed by atoms with Gasteiger partial charge in [-0.15, -0.1) is 0 Å². The second kappa shape index (κ2) is 6.16. The maximum atomic E-state index is 14.1. The number of ether oxygens (including phenoxy) is 1. The first kappa shape index (κ1) is 15.2. The van der Waals surface area contributed by atoms with Crippen molar-refractivity contribution in [3.05, 3.63) is 24.1 Å². The summed E-state index contributed by atoms with van der Waals surface area (Å²) in [5.74, 6) is 1.81. The van der Waals surface area contributed by atoms with Crippen molar-refractivity contribution in [1.29, 1.82) is 0 Å². The summed E-state index contributed by atoms with van der Waals surface area (Å²) in [4.78, 5) is 5.32. The third kappa shape index (κ3) is 3.19. The number of hydrogen-bond donors (Lipinski definition) is 2. The standard InChI is InChI=1S/C17H24FN3O/c1-11(2)8-21-4-3-12(9-21)10-22-14-5-13-7-20-17(19)16(13)15(18)6-14/h5-7,11-12,20H,3-4,8-10,19H2,1-2H3. The molecule has 1 saturated heterocycles. The third-order valence-corrected chi connectivity index (χ3v) is 4.23. The van der Waals surface area contributed by atoms with Crippen LogP contribution in [0.3, 0.4) is 0 Å². The molecule has 120 valence electrons. The Balaban J connectivity index is 1.60. The highest BCUT2D eigenvalue weighted by atomic mass is 19.1. The second-order valence-electron chi connectivity index (χ2n) is 6.69. The number of halogens is 1. The van der Waals surface area contributed by atoms with E-state index >= 15 is 0 Å². The van der Waals surface area contributed by atoms with E-state index in [0.29, 0.717) is 35.4 Å². The Kier molecular flexibility index (Phi) is 4.25. The van der Waals surface area contributed by atoms with Gasteiger partial charge >= 0.3 is 0 Å². The Morgan fingerprint density at radius 3 is 3.05 bits per heavy atom. The first-order valence-corrected chi connectivity index (χ1v) is 7.94. The molecule has 1 fully saturated rings. The lowest BCUT2D eigenvalue weighted by atomic mass is 10.1. The summed E-state index contributed by atoms with van der Waals surface area (Å²) >= 11 is 0. The van der Waals surface area contributed by atoms with E-state index in [1.807, 2.05) is 6.07 Å². The van der Waals surface area contributed by atoms with Gasteiger partial charge < -0.3 is 20.4 Å². The average molecular weight is 305 g/mol. The van der Waals surface area contributed by atoms with Crippen molar-refractivity contribution in [2.45, 2.75) is 20.3 Å². The van der Waals surface area contributed by atoms with Gasteiger partial charge in [0.2, 0.25) is 0 Å². The van der Waals surface area contributed by atoms with Gasteiger partial charge in [-0.05, 0) is 24.9 Å². The lowest BCUT2D eigenvalue weighted by Gasteiger charge is -2.18. The number of H-pyrrole nitrogens is 1. The van der Waals surface area contributed by atoms with Crippen LogP contribution in [0, 0.1) is 17.7 Å². The maximum Gasteiger partial charge on any atom is 0.138 e. The number of rotatable bonds is 5. The number of fused-ring (bicyclic) bond motifs is 1. The van der Waals surface area contributed by atoms with E-state index in [4.69, 9.17) is 10.5 Å². The van der Waals surface area contributed by atoms with E-state index < -0.39 is 0 Å². The zero-order valence-corrected chi connectivity index (χ0v) is 13.2. The van der Waals surface area contributed by atoms with Gasteiger partial charge in [-0.1, -0.05) is 13.8 Å². The lowest BCUT2D eigenvalue weighted by molar-refractivity contribution is 0.232. The molecule has 22 heavy (non-hydrogen) atoms. The molecule has 2 heterocycles. The highest BCUT2D eigenvalue weighted by Gasteiger charge is 2.23. The fourth-order valence-corrected chi connectivity index (χ4v) is 3.26. The molecule has 0 radical (unpaired) electrons. The number of nitrogens with zero attached hydrogens (tertiary/aromatic N) is 1. The van der Waals surface area contributed by atoms with E-state index in [1.165, 1.54) is 6.07 Å². The van der Waals surface area contributed by atoms with Gasteiger partial charge in [0.05, 0.1) is 12.0 Å². The number of benzene rings is 1. The zero-order chi connectivity index (χ0) is 15.7. The SMILES string of the molecule is CC(C)CN1CCC(COc2cc(F)c3c(N)[nH]cc3c2)C1. The minimum atomic E-state index is -0.334. The van der Waals surface area contributed by atoms with Crippen LogP contribution in [0.5, 0.6) is 5.75 Å². The monoisotopic (exact) mass is 305 g/mol. The van der Waals surface area contributed by atoms with Crippen LogP contribution in [-0.4, -0.2) is 36.1 Å². The summed E-state index contributed by atoms with van der Waals surface area (Å²) in [6.45, 7) is 8.46. The molecule has 4 nitrogen and oxygen atoms in total. The molecule has 0 amide bonds. The van der Waals surface area contributed by atoms with Crippen molar-refractivity contribution in [2.24, 2.45) is 11.8 Å². The summed E-state index contributed by atoms with van der Waals surface area (Å²) in [5, 5.41) is 1.19. The lowest BCUT2D eigenvalue weighted by Crippen LogP contribution is -2.26. The molecule has 3 N–H and O–H groups in total. The van der Waals surface area contributed by atoms with Crippen molar-refractivity contribution < 1.29 is 9.13 Å². The molecule has 3 rings (SSSR count). The number of nitrogen functional groups attached to an aromatic ring is 1. The predicted octanol–water partition coefficient (Wildman–Crippen LogP) is 3.25. The topological polar surface area (TPSA) is 54.3 Å². The Bertz CT molecular complexity index is 653. The van der Waals surface area contributed by atoms with Gasteiger partial charge in [-0.2, -0.15) is 0 Å². The molecule has 1 aliphatic rings. The smallest absolute Gasteiger partial charge is 0.138 e. The largest absolute Gasteiger partial charge is 0.493 e. The van der Waals surface area contributed by atoms with Gasteiger partial charge in [0.15, 0.2) is 0 Å². The highest BCUT2D eigenvalue weighted by molar-refractivity contribution is 5.93. The highest BCUT2D eigenvalue weighted by Crippen LogP contribution is 2.29. The molecule has 0 aliphatic carbocycles. The molecule has 5 heteroatoms. The number of aromatic nitrogens is 1. The summed E-state index contributed by atoms with van der Waals surface area (Å²) in [6.07, 6.45) is 2.86. The van der Waals surface area contributed by atoms with E-state index in [0.717, 1.165) is 31.4 Å². The molecule has 1 unspecified atom stereocenters. The molecule has 0 spiro atoms. The van der Waals surface area contributed by atoms with E-state index in [-0.39, 0.29) is 5.82 Å². The van der Waals surface area contributed by atoms with Gasteiger partial charge in [0, 0.05) is 36.7 Å². The van der Waals surface area contributed by atoms with Crippen LogP contribution in [0.15, 0.2) is 18.3 Å². The van der Waals surface area contributed by atoms with Gasteiger partial charge in [0.1, 0.15) is 17.4 Å². The maximum absolute atomic E-state index is 14.1. The van der Waals surface area contributed by atoms with E-state index in [2.05, 4.69) is 23.7 Å². The third-order valence-electron chi connectivity index (χ3n) is 4.23. The van der Waals surface area contributed by atoms with Crippen molar-refractivity contribution >= 4 is 16.6 Å². The van der Waals surface area contributed by atoms with Crippen molar-refractivity contribution in [2.75, 3.05) is 32.0 Å². The fourth-order valence-electron chi connectivity index (χ4n) is 3.26. The summed E-state index contributed by atoms with van der Waals surface area (Å²) in [7, 11) is 0. The molecular weight excluding hydrogens is 281 g/mol. The Morgan fingerprint density at radius 2 is 2.27 bits per heavy atom. The Hall–Kier alpha value is -1.75. The van der Waals surface area contributed by atoms with Crippen LogP contribution in [-0.2, 0) is 0 Å². The molecule has 0 saturated carbocycles. The van der Waals surface area contributed by atoms with E-state index in [1.54, 1.807) is 6.20 Å². The number of nitrogens with two attached hydrogens (primary N) is 1. The van der Waals surface area contributed by atoms with Crippen molar-refractivity contribution in [3.8, 4) is 5.75 Å². The Morgan fingerprint density at radius 1 is 1.45 bits per heavy atom. The number of aromatic amines is 1. The van der Waals surface area contributed by atoms with Crippen LogP contribution in [0.2, 0.25) is 0 Å². The van der Waals surface area contributed by atoms with Crippen molar-refractivity contribution in [1.82, 2.24) is 9.88 Å². The van der Waals surface area contributed by atoms with Crippen LogP contribution in [0.25, 0.3) is 10.8 Å². The molecule has 1 aromatic carbocycles.